The minimum Gasteiger partial charge on any atom is -0.486 e. The molecule has 1 aliphatic rings. The summed E-state index contributed by atoms with van der Waals surface area (Å²) in [7, 11) is 0. The van der Waals surface area contributed by atoms with Crippen molar-refractivity contribution < 1.29 is 14.3 Å². The van der Waals surface area contributed by atoms with Gasteiger partial charge in [0.25, 0.3) is 0 Å². The Bertz CT molecular complexity index is 967. The number of halogens is 1. The second-order valence-corrected chi connectivity index (χ2v) is 6.97. The topological polar surface area (TPSA) is 63.4 Å². The number of ether oxygens (including phenoxy) is 2. The molecule has 0 fully saturated rings. The molecule has 0 saturated heterocycles. The average molecular weight is 385 g/mol. The van der Waals surface area contributed by atoms with Gasteiger partial charge < -0.3 is 19.8 Å². The number of hydrogen-bond donors (Lipinski definition) is 2. The van der Waals surface area contributed by atoms with E-state index in [0.29, 0.717) is 55.5 Å². The molecule has 0 radical (unpaired) electrons. The van der Waals surface area contributed by atoms with E-state index in [1.54, 1.807) is 0 Å². The number of aromatic amines is 1. The predicted octanol–water partition coefficient (Wildman–Crippen LogP) is 3.88. The van der Waals surface area contributed by atoms with Crippen LogP contribution in [0.5, 0.6) is 11.5 Å². The fourth-order valence-electron chi connectivity index (χ4n) is 3.33. The van der Waals surface area contributed by atoms with Gasteiger partial charge in [-0.3, -0.25) is 4.79 Å². The first-order valence-corrected chi connectivity index (χ1v) is 9.48. The molecule has 0 aliphatic carbocycles. The minimum atomic E-state index is 0.0453. The Morgan fingerprint density at radius 2 is 2.00 bits per heavy atom. The van der Waals surface area contributed by atoms with Crippen molar-refractivity contribution in [2.45, 2.75) is 19.3 Å². The lowest BCUT2D eigenvalue weighted by molar-refractivity contribution is -0.121. The van der Waals surface area contributed by atoms with Crippen molar-refractivity contribution in [3.8, 4) is 11.5 Å². The average Bonchev–Trinajstić information content (AvgIpc) is 3.10. The Kier molecular flexibility index (Phi) is 5.21. The summed E-state index contributed by atoms with van der Waals surface area (Å²) in [5.41, 5.74) is 3.28. The number of aromatic nitrogens is 1. The van der Waals surface area contributed by atoms with Crippen molar-refractivity contribution in [2.75, 3.05) is 19.8 Å². The highest BCUT2D eigenvalue weighted by molar-refractivity contribution is 6.32. The molecule has 0 saturated carbocycles. The summed E-state index contributed by atoms with van der Waals surface area (Å²) >= 11 is 6.25. The van der Waals surface area contributed by atoms with Crippen molar-refractivity contribution in [3.05, 3.63) is 58.7 Å². The Morgan fingerprint density at radius 1 is 1.15 bits per heavy atom. The van der Waals surface area contributed by atoms with Crippen LogP contribution in [0.4, 0.5) is 0 Å². The Labute approximate surface area is 162 Å². The van der Waals surface area contributed by atoms with Gasteiger partial charge in [0.1, 0.15) is 13.2 Å². The van der Waals surface area contributed by atoms with E-state index in [1.807, 2.05) is 36.5 Å². The summed E-state index contributed by atoms with van der Waals surface area (Å²) in [5, 5.41) is 4.70. The van der Waals surface area contributed by atoms with Gasteiger partial charge in [-0.15, -0.1) is 0 Å². The standard InChI is InChI=1S/C21H21ClN2O3/c22-17-11-14(12-19-21(17)27-10-9-26-19)7-8-23-20(25)6-5-15-13-24-18-4-2-1-3-16(15)18/h1-4,11-13,24H,5-10H2,(H,23,25). The van der Waals surface area contributed by atoms with Crippen LogP contribution in [-0.4, -0.2) is 30.6 Å². The fraction of sp³-hybridized carbons (Fsp3) is 0.286. The monoisotopic (exact) mass is 384 g/mol. The molecule has 1 amide bonds. The van der Waals surface area contributed by atoms with Crippen LogP contribution in [0.2, 0.25) is 5.02 Å². The van der Waals surface area contributed by atoms with Gasteiger partial charge in [0.15, 0.2) is 11.5 Å². The molecule has 27 heavy (non-hydrogen) atoms. The second kappa shape index (κ2) is 7.92. The third kappa shape index (κ3) is 4.03. The van der Waals surface area contributed by atoms with Gasteiger partial charge in [0, 0.05) is 30.1 Å². The zero-order valence-corrected chi connectivity index (χ0v) is 15.6. The molecular weight excluding hydrogens is 364 g/mol. The summed E-state index contributed by atoms with van der Waals surface area (Å²) < 4.78 is 11.1. The highest BCUT2D eigenvalue weighted by Crippen LogP contribution is 2.38. The van der Waals surface area contributed by atoms with Crippen LogP contribution < -0.4 is 14.8 Å². The van der Waals surface area contributed by atoms with Crippen LogP contribution in [0.25, 0.3) is 10.9 Å². The summed E-state index contributed by atoms with van der Waals surface area (Å²) in [6.07, 6.45) is 3.85. The third-order valence-electron chi connectivity index (χ3n) is 4.69. The number of fused-ring (bicyclic) bond motifs is 2. The van der Waals surface area contributed by atoms with Crippen molar-refractivity contribution in [2.24, 2.45) is 0 Å². The molecule has 1 aromatic heterocycles. The Morgan fingerprint density at radius 3 is 2.93 bits per heavy atom. The number of nitrogens with one attached hydrogen (secondary N) is 2. The molecule has 0 spiro atoms. The van der Waals surface area contributed by atoms with Crippen molar-refractivity contribution >= 4 is 28.4 Å². The first kappa shape index (κ1) is 17.7. The molecule has 2 aromatic carbocycles. The zero-order valence-electron chi connectivity index (χ0n) is 14.9. The highest BCUT2D eigenvalue weighted by Gasteiger charge is 2.16. The molecule has 5 nitrogen and oxygen atoms in total. The normalized spacial score (nSPS) is 12.9. The van der Waals surface area contributed by atoms with Gasteiger partial charge in [0.05, 0.1) is 5.02 Å². The summed E-state index contributed by atoms with van der Waals surface area (Å²) in [4.78, 5) is 15.4. The molecule has 2 heterocycles. The van der Waals surface area contributed by atoms with Gasteiger partial charge in [-0.2, -0.15) is 0 Å². The molecule has 6 heteroatoms. The van der Waals surface area contributed by atoms with Crippen molar-refractivity contribution in [1.82, 2.24) is 10.3 Å². The van der Waals surface area contributed by atoms with Crippen molar-refractivity contribution in [1.29, 1.82) is 0 Å². The lowest BCUT2D eigenvalue weighted by atomic mass is 10.1. The van der Waals surface area contributed by atoms with Crippen molar-refractivity contribution in [3.63, 3.8) is 0 Å². The Hall–Kier alpha value is -2.66. The van der Waals surface area contributed by atoms with E-state index in [9.17, 15) is 4.79 Å². The Balaban J connectivity index is 1.28. The van der Waals surface area contributed by atoms with Gasteiger partial charge in [0.2, 0.25) is 5.91 Å². The first-order valence-electron chi connectivity index (χ1n) is 9.10. The lowest BCUT2D eigenvalue weighted by Crippen LogP contribution is -2.26. The van der Waals surface area contributed by atoms with Crippen LogP contribution in [0.1, 0.15) is 17.5 Å². The maximum absolute atomic E-state index is 12.2. The molecular formula is C21H21ClN2O3. The van der Waals surface area contributed by atoms with Gasteiger partial charge in [-0.05, 0) is 42.2 Å². The maximum atomic E-state index is 12.2. The smallest absolute Gasteiger partial charge is 0.220 e. The van der Waals surface area contributed by atoms with E-state index in [1.165, 1.54) is 10.9 Å². The summed E-state index contributed by atoms with van der Waals surface area (Å²) in [5.74, 6) is 1.33. The maximum Gasteiger partial charge on any atom is 0.220 e. The van der Waals surface area contributed by atoms with E-state index >= 15 is 0 Å². The van der Waals surface area contributed by atoms with E-state index in [2.05, 4.69) is 16.4 Å². The van der Waals surface area contributed by atoms with Crippen LogP contribution in [0.15, 0.2) is 42.6 Å². The number of carbonyl (C=O) groups is 1. The molecule has 0 atom stereocenters. The first-order chi connectivity index (χ1) is 13.2. The molecule has 3 aromatic rings. The quantitative estimate of drug-likeness (QED) is 0.677. The minimum absolute atomic E-state index is 0.0453. The number of H-pyrrole nitrogens is 1. The summed E-state index contributed by atoms with van der Waals surface area (Å²) in [6, 6.07) is 11.9. The molecule has 1 aliphatic heterocycles. The van der Waals surface area contributed by atoms with E-state index in [-0.39, 0.29) is 5.91 Å². The number of para-hydroxylation sites is 1. The van der Waals surface area contributed by atoms with Crippen LogP contribution in [-0.2, 0) is 17.6 Å². The van der Waals surface area contributed by atoms with Crippen LogP contribution >= 0.6 is 11.6 Å². The number of carbonyl (C=O) groups excluding carboxylic acids is 1. The molecule has 4 rings (SSSR count). The van der Waals surface area contributed by atoms with Gasteiger partial charge in [-0.1, -0.05) is 29.8 Å². The molecule has 140 valence electrons. The summed E-state index contributed by atoms with van der Waals surface area (Å²) in [6.45, 7) is 1.60. The van der Waals surface area contributed by atoms with E-state index in [4.69, 9.17) is 21.1 Å². The number of rotatable bonds is 6. The highest BCUT2D eigenvalue weighted by atomic mass is 35.5. The molecule has 0 unspecified atom stereocenters. The van der Waals surface area contributed by atoms with E-state index in [0.717, 1.165) is 11.1 Å². The SMILES string of the molecule is O=C(CCc1c[nH]c2ccccc12)NCCc1cc(Cl)c2c(c1)OCCO2. The third-order valence-corrected chi connectivity index (χ3v) is 4.97. The van der Waals surface area contributed by atoms with Crippen LogP contribution in [0, 0.1) is 0 Å². The number of amides is 1. The predicted molar refractivity (Wildman–Crippen MR) is 106 cm³/mol. The fourth-order valence-corrected chi connectivity index (χ4v) is 3.62. The van der Waals surface area contributed by atoms with Gasteiger partial charge >= 0.3 is 0 Å². The van der Waals surface area contributed by atoms with Gasteiger partial charge in [-0.25, -0.2) is 0 Å². The number of benzene rings is 2. The lowest BCUT2D eigenvalue weighted by Gasteiger charge is -2.20. The molecule has 2 N–H and O–H groups in total. The molecule has 0 bridgehead atoms. The second-order valence-electron chi connectivity index (χ2n) is 6.56. The zero-order chi connectivity index (χ0) is 18.6. The number of aryl methyl sites for hydroxylation is 1. The number of hydrogen-bond acceptors (Lipinski definition) is 3. The largest absolute Gasteiger partial charge is 0.486 e. The van der Waals surface area contributed by atoms with Crippen LogP contribution in [0.3, 0.4) is 0 Å². The van der Waals surface area contributed by atoms with E-state index < -0.39 is 0 Å².